The number of carboxylic acids is 1. The number of pyridine rings is 1. The normalized spacial score (nSPS) is 10.9. The predicted molar refractivity (Wildman–Crippen MR) is 99.8 cm³/mol. The molecular formula is C21H15NO4. The SMILES string of the molecule is O=C(O)c1cccc2c(=O)c3cccc(OCc4ccccc4)c3[nH]c12. The first kappa shape index (κ1) is 15.9. The van der Waals surface area contributed by atoms with E-state index in [0.29, 0.717) is 34.2 Å². The van der Waals surface area contributed by atoms with Gasteiger partial charge in [-0.3, -0.25) is 4.79 Å². The fourth-order valence-electron chi connectivity index (χ4n) is 3.03. The van der Waals surface area contributed by atoms with E-state index in [9.17, 15) is 14.7 Å². The molecule has 0 aliphatic carbocycles. The molecule has 0 spiro atoms. The van der Waals surface area contributed by atoms with Gasteiger partial charge >= 0.3 is 5.97 Å². The highest BCUT2D eigenvalue weighted by molar-refractivity contribution is 6.05. The van der Waals surface area contributed by atoms with Gasteiger partial charge in [-0.2, -0.15) is 0 Å². The van der Waals surface area contributed by atoms with Crippen LogP contribution in [-0.2, 0) is 6.61 Å². The average molecular weight is 345 g/mol. The van der Waals surface area contributed by atoms with Crippen LogP contribution < -0.4 is 10.2 Å². The number of hydrogen-bond acceptors (Lipinski definition) is 3. The topological polar surface area (TPSA) is 79.4 Å². The molecule has 1 heterocycles. The van der Waals surface area contributed by atoms with Crippen LogP contribution in [0.2, 0.25) is 0 Å². The van der Waals surface area contributed by atoms with Crippen molar-refractivity contribution in [2.45, 2.75) is 6.61 Å². The molecule has 0 amide bonds. The van der Waals surface area contributed by atoms with Crippen molar-refractivity contribution < 1.29 is 14.6 Å². The summed E-state index contributed by atoms with van der Waals surface area (Å²) in [6, 6.07) is 19.6. The molecule has 0 unspecified atom stereocenters. The van der Waals surface area contributed by atoms with Crippen LogP contribution in [0.3, 0.4) is 0 Å². The van der Waals surface area contributed by atoms with Crippen molar-refractivity contribution in [2.24, 2.45) is 0 Å². The molecule has 0 radical (unpaired) electrons. The molecule has 0 aliphatic heterocycles. The van der Waals surface area contributed by atoms with Gasteiger partial charge in [0.25, 0.3) is 0 Å². The maximum Gasteiger partial charge on any atom is 0.337 e. The van der Waals surface area contributed by atoms with E-state index in [1.807, 2.05) is 30.3 Å². The van der Waals surface area contributed by atoms with Crippen molar-refractivity contribution in [3.05, 3.63) is 88.1 Å². The number of nitrogens with one attached hydrogen (secondary N) is 1. The molecule has 2 N–H and O–H groups in total. The number of carbonyl (C=O) groups is 1. The van der Waals surface area contributed by atoms with Crippen molar-refractivity contribution in [3.8, 4) is 5.75 Å². The second-order valence-electron chi connectivity index (χ2n) is 5.94. The van der Waals surface area contributed by atoms with Gasteiger partial charge in [0, 0.05) is 10.8 Å². The molecule has 0 aliphatic rings. The summed E-state index contributed by atoms with van der Waals surface area (Å²) in [4.78, 5) is 27.4. The van der Waals surface area contributed by atoms with Crippen molar-refractivity contribution >= 4 is 27.8 Å². The fraction of sp³-hybridized carbons (Fsp3) is 0.0476. The van der Waals surface area contributed by atoms with Gasteiger partial charge < -0.3 is 14.8 Å². The number of aromatic carboxylic acids is 1. The summed E-state index contributed by atoms with van der Waals surface area (Å²) in [5.41, 5.74) is 1.63. The molecular weight excluding hydrogens is 330 g/mol. The van der Waals surface area contributed by atoms with Crippen LogP contribution in [0.15, 0.2) is 71.5 Å². The number of carboxylic acid groups (broad SMARTS) is 1. The van der Waals surface area contributed by atoms with E-state index in [2.05, 4.69) is 4.98 Å². The third-order valence-electron chi connectivity index (χ3n) is 4.30. The third-order valence-corrected chi connectivity index (χ3v) is 4.30. The molecule has 0 fully saturated rings. The largest absolute Gasteiger partial charge is 0.487 e. The number of aromatic nitrogens is 1. The minimum Gasteiger partial charge on any atom is -0.487 e. The van der Waals surface area contributed by atoms with E-state index >= 15 is 0 Å². The molecule has 3 aromatic carbocycles. The number of rotatable bonds is 4. The number of hydrogen-bond donors (Lipinski definition) is 2. The van der Waals surface area contributed by atoms with Crippen LogP contribution in [-0.4, -0.2) is 16.1 Å². The molecule has 0 saturated carbocycles. The lowest BCUT2D eigenvalue weighted by Crippen LogP contribution is -2.09. The molecule has 128 valence electrons. The zero-order valence-corrected chi connectivity index (χ0v) is 13.7. The highest BCUT2D eigenvalue weighted by Gasteiger charge is 2.14. The number of para-hydroxylation sites is 2. The quantitative estimate of drug-likeness (QED) is 0.549. The van der Waals surface area contributed by atoms with Gasteiger partial charge in [-0.15, -0.1) is 0 Å². The standard InChI is InChI=1S/C21H15NO4/c23-20-14-8-4-10-16(21(24)25)18(14)22-19-15(20)9-5-11-17(19)26-12-13-6-2-1-3-7-13/h1-11H,12H2,(H,22,23)(H,24,25). The van der Waals surface area contributed by atoms with E-state index in [1.54, 1.807) is 30.3 Å². The first-order valence-corrected chi connectivity index (χ1v) is 8.13. The van der Waals surface area contributed by atoms with Gasteiger partial charge in [-0.05, 0) is 29.8 Å². The van der Waals surface area contributed by atoms with Crippen LogP contribution in [0, 0.1) is 0 Å². The molecule has 4 aromatic rings. The van der Waals surface area contributed by atoms with E-state index in [0.717, 1.165) is 5.56 Å². The van der Waals surface area contributed by atoms with Crippen LogP contribution in [0.4, 0.5) is 0 Å². The smallest absolute Gasteiger partial charge is 0.337 e. The maximum atomic E-state index is 12.8. The van der Waals surface area contributed by atoms with Crippen LogP contribution in [0.5, 0.6) is 5.75 Å². The van der Waals surface area contributed by atoms with E-state index < -0.39 is 5.97 Å². The summed E-state index contributed by atoms with van der Waals surface area (Å²) in [6.07, 6.45) is 0. The third kappa shape index (κ3) is 2.69. The van der Waals surface area contributed by atoms with Crippen molar-refractivity contribution in [1.82, 2.24) is 4.98 Å². The van der Waals surface area contributed by atoms with Crippen LogP contribution in [0.25, 0.3) is 21.8 Å². The Kier molecular flexibility index (Phi) is 3.89. The Morgan fingerprint density at radius 2 is 1.58 bits per heavy atom. The molecule has 0 saturated heterocycles. The van der Waals surface area contributed by atoms with E-state index in [4.69, 9.17) is 4.74 Å². The van der Waals surface area contributed by atoms with Gasteiger partial charge in [0.15, 0.2) is 5.43 Å². The molecule has 5 heteroatoms. The Hall–Kier alpha value is -3.60. The Balaban J connectivity index is 1.89. The number of benzene rings is 3. The molecule has 4 rings (SSSR count). The summed E-state index contributed by atoms with van der Waals surface area (Å²) in [6.45, 7) is 0.348. The van der Waals surface area contributed by atoms with E-state index in [-0.39, 0.29) is 11.0 Å². The van der Waals surface area contributed by atoms with Crippen LogP contribution >= 0.6 is 0 Å². The molecule has 0 atom stereocenters. The van der Waals surface area contributed by atoms with Gasteiger partial charge in [0.1, 0.15) is 12.4 Å². The zero-order valence-electron chi connectivity index (χ0n) is 13.7. The first-order valence-electron chi connectivity index (χ1n) is 8.13. The van der Waals surface area contributed by atoms with Gasteiger partial charge in [0.2, 0.25) is 0 Å². The number of fused-ring (bicyclic) bond motifs is 2. The lowest BCUT2D eigenvalue weighted by Gasteiger charge is -2.11. The predicted octanol–water partition coefficient (Wildman–Crippen LogP) is 3.96. The highest BCUT2D eigenvalue weighted by atomic mass is 16.5. The summed E-state index contributed by atoms with van der Waals surface area (Å²) in [7, 11) is 0. The highest BCUT2D eigenvalue weighted by Crippen LogP contribution is 2.26. The van der Waals surface area contributed by atoms with Gasteiger partial charge in [-0.1, -0.05) is 42.5 Å². The molecule has 26 heavy (non-hydrogen) atoms. The molecule has 1 aromatic heterocycles. The first-order chi connectivity index (χ1) is 12.6. The monoisotopic (exact) mass is 345 g/mol. The zero-order chi connectivity index (χ0) is 18.1. The molecule has 5 nitrogen and oxygen atoms in total. The Morgan fingerprint density at radius 3 is 2.31 bits per heavy atom. The lowest BCUT2D eigenvalue weighted by molar-refractivity contribution is 0.0699. The van der Waals surface area contributed by atoms with Crippen molar-refractivity contribution in [2.75, 3.05) is 0 Å². The van der Waals surface area contributed by atoms with E-state index in [1.165, 1.54) is 6.07 Å². The average Bonchev–Trinajstić information content (AvgIpc) is 2.67. The van der Waals surface area contributed by atoms with Gasteiger partial charge in [0.05, 0.1) is 16.6 Å². The Morgan fingerprint density at radius 1 is 0.885 bits per heavy atom. The number of aromatic amines is 1. The minimum atomic E-state index is -1.09. The molecule has 0 bridgehead atoms. The summed E-state index contributed by atoms with van der Waals surface area (Å²) >= 11 is 0. The fourth-order valence-corrected chi connectivity index (χ4v) is 3.03. The maximum absolute atomic E-state index is 12.8. The number of H-pyrrole nitrogens is 1. The minimum absolute atomic E-state index is 0.0550. The van der Waals surface area contributed by atoms with Gasteiger partial charge in [-0.25, -0.2) is 4.79 Å². The van der Waals surface area contributed by atoms with Crippen molar-refractivity contribution in [1.29, 1.82) is 0 Å². The Labute approximate surface area is 148 Å². The Bertz CT molecular complexity index is 1180. The second kappa shape index (κ2) is 6.37. The lowest BCUT2D eigenvalue weighted by atomic mass is 10.1. The number of ether oxygens (including phenoxy) is 1. The summed E-state index contributed by atoms with van der Waals surface area (Å²) in [5, 5.41) is 10.2. The summed E-state index contributed by atoms with van der Waals surface area (Å²) < 4.78 is 5.89. The van der Waals surface area contributed by atoms with Crippen molar-refractivity contribution in [3.63, 3.8) is 0 Å². The summed E-state index contributed by atoms with van der Waals surface area (Å²) in [5.74, 6) is -0.584. The second-order valence-corrected chi connectivity index (χ2v) is 5.94. The van der Waals surface area contributed by atoms with Crippen LogP contribution in [0.1, 0.15) is 15.9 Å².